The van der Waals surface area contributed by atoms with E-state index in [-0.39, 0.29) is 22.1 Å². The summed E-state index contributed by atoms with van der Waals surface area (Å²) < 4.78 is 38.6. The van der Waals surface area contributed by atoms with Gasteiger partial charge in [-0.25, -0.2) is 9.78 Å². The highest BCUT2D eigenvalue weighted by molar-refractivity contribution is 7.98. The number of nitrogens with one attached hydrogen (secondary N) is 1. The van der Waals surface area contributed by atoms with Gasteiger partial charge in [-0.05, 0) is 17.0 Å². The molecule has 0 radical (unpaired) electrons. The Balaban J connectivity index is 1.83. The van der Waals surface area contributed by atoms with Gasteiger partial charge in [0.1, 0.15) is 16.5 Å². The Labute approximate surface area is 134 Å². The van der Waals surface area contributed by atoms with Crippen molar-refractivity contribution >= 4 is 28.7 Å². The maximum atomic E-state index is 12.5. The monoisotopic (exact) mass is 357 g/mol. The van der Waals surface area contributed by atoms with Crippen LogP contribution in [0.1, 0.15) is 16.0 Å². The maximum absolute atomic E-state index is 12.5. The van der Waals surface area contributed by atoms with Gasteiger partial charge in [-0.15, -0.1) is 11.3 Å². The summed E-state index contributed by atoms with van der Waals surface area (Å²) in [5.41, 5.74) is 0.164. The Hall–Kier alpha value is -2.32. The van der Waals surface area contributed by atoms with E-state index in [1.807, 2.05) is 6.07 Å². The topological polar surface area (TPSA) is 86.8 Å². The molecule has 0 aliphatic heterocycles. The van der Waals surface area contributed by atoms with Crippen molar-refractivity contribution in [3.8, 4) is 6.07 Å². The van der Waals surface area contributed by atoms with Gasteiger partial charge in [0, 0.05) is 5.75 Å². The minimum Gasteiger partial charge on any atom is -0.285 e. The van der Waals surface area contributed by atoms with Crippen molar-refractivity contribution in [1.82, 2.24) is 19.6 Å². The molecule has 0 atom stereocenters. The van der Waals surface area contributed by atoms with E-state index in [1.54, 1.807) is 0 Å². The van der Waals surface area contributed by atoms with Crippen molar-refractivity contribution < 1.29 is 13.2 Å². The van der Waals surface area contributed by atoms with Crippen LogP contribution in [0.15, 0.2) is 27.6 Å². The van der Waals surface area contributed by atoms with Crippen molar-refractivity contribution in [2.24, 2.45) is 0 Å². The fraction of sp³-hybridized carbons (Fsp3) is 0.167. The standard InChI is InChI=1S/C12H6F3N5OS2/c13-12(14,15)8-1-6(4-22-8)5-23-10-18-9-7(2-16)3-17-20(9)11(21)19-10/h1,3-4H,5H2,(H,18,19,21). The van der Waals surface area contributed by atoms with Crippen LogP contribution in [0.5, 0.6) is 0 Å². The SMILES string of the molecule is N#Cc1cnn2c(=O)[nH]c(SCc3csc(C(F)(F)F)c3)nc12. The zero-order valence-corrected chi connectivity index (χ0v) is 12.7. The van der Waals surface area contributed by atoms with E-state index in [2.05, 4.69) is 15.1 Å². The summed E-state index contributed by atoms with van der Waals surface area (Å²) in [7, 11) is 0. The maximum Gasteiger partial charge on any atom is 0.425 e. The van der Waals surface area contributed by atoms with E-state index in [9.17, 15) is 18.0 Å². The molecule has 0 aromatic carbocycles. The number of fused-ring (bicyclic) bond motifs is 1. The molecule has 0 saturated heterocycles. The number of halogens is 3. The highest BCUT2D eigenvalue weighted by Gasteiger charge is 2.32. The zero-order valence-electron chi connectivity index (χ0n) is 11.1. The molecule has 118 valence electrons. The summed E-state index contributed by atoms with van der Waals surface area (Å²) in [5.74, 6) is 0.210. The third-order valence-electron chi connectivity index (χ3n) is 2.79. The Bertz CT molecular complexity index is 966. The highest BCUT2D eigenvalue weighted by atomic mass is 32.2. The molecule has 11 heteroatoms. The summed E-state index contributed by atoms with van der Waals surface area (Å²) in [6.45, 7) is 0. The summed E-state index contributed by atoms with van der Waals surface area (Å²) >= 11 is 1.69. The number of thioether (sulfide) groups is 1. The fourth-order valence-electron chi connectivity index (χ4n) is 1.77. The number of aromatic nitrogens is 4. The van der Waals surface area contributed by atoms with Gasteiger partial charge in [0.2, 0.25) is 0 Å². The minimum absolute atomic E-state index is 0.111. The summed E-state index contributed by atoms with van der Waals surface area (Å²) in [4.78, 5) is 17.7. The molecule has 0 unspecified atom stereocenters. The quantitative estimate of drug-likeness (QED) is 0.728. The van der Waals surface area contributed by atoms with E-state index in [0.29, 0.717) is 16.9 Å². The van der Waals surface area contributed by atoms with Gasteiger partial charge in [-0.3, -0.25) is 4.98 Å². The van der Waals surface area contributed by atoms with Crippen LogP contribution in [0.3, 0.4) is 0 Å². The smallest absolute Gasteiger partial charge is 0.285 e. The second-order valence-corrected chi connectivity index (χ2v) is 6.23. The van der Waals surface area contributed by atoms with Crippen LogP contribution in [0.25, 0.3) is 5.65 Å². The van der Waals surface area contributed by atoms with Crippen LogP contribution in [-0.4, -0.2) is 19.6 Å². The number of alkyl halides is 3. The third kappa shape index (κ3) is 3.08. The average Bonchev–Trinajstić information content (AvgIpc) is 3.11. The Kier molecular flexibility index (Phi) is 3.87. The molecule has 0 bridgehead atoms. The number of thiophene rings is 1. The first-order valence-electron chi connectivity index (χ1n) is 6.04. The molecule has 3 heterocycles. The van der Waals surface area contributed by atoms with Gasteiger partial charge >= 0.3 is 11.9 Å². The predicted molar refractivity (Wildman–Crippen MR) is 77.2 cm³/mol. The van der Waals surface area contributed by atoms with Gasteiger partial charge < -0.3 is 0 Å². The molecule has 23 heavy (non-hydrogen) atoms. The number of hydrogen-bond donors (Lipinski definition) is 1. The first-order valence-corrected chi connectivity index (χ1v) is 7.90. The van der Waals surface area contributed by atoms with Gasteiger partial charge in [-0.2, -0.15) is 28.0 Å². The Morgan fingerprint density at radius 2 is 2.26 bits per heavy atom. The van der Waals surface area contributed by atoms with Crippen LogP contribution >= 0.6 is 23.1 Å². The molecule has 0 aliphatic carbocycles. The van der Waals surface area contributed by atoms with Crippen molar-refractivity contribution in [2.45, 2.75) is 17.1 Å². The largest absolute Gasteiger partial charge is 0.425 e. The Morgan fingerprint density at radius 3 is 2.91 bits per heavy atom. The van der Waals surface area contributed by atoms with E-state index in [0.717, 1.165) is 22.3 Å². The summed E-state index contributed by atoms with van der Waals surface area (Å²) in [5, 5.41) is 14.3. The first-order chi connectivity index (χ1) is 10.9. The number of nitriles is 1. The molecular weight excluding hydrogens is 351 g/mol. The lowest BCUT2D eigenvalue weighted by Crippen LogP contribution is -2.19. The molecular formula is C12H6F3N5OS2. The molecule has 3 aromatic rings. The molecule has 0 spiro atoms. The van der Waals surface area contributed by atoms with Crippen LogP contribution in [0.4, 0.5) is 13.2 Å². The third-order valence-corrected chi connectivity index (χ3v) is 4.75. The lowest BCUT2D eigenvalue weighted by molar-refractivity contribution is -0.134. The second-order valence-electron chi connectivity index (χ2n) is 4.36. The van der Waals surface area contributed by atoms with E-state index in [4.69, 9.17) is 5.26 Å². The minimum atomic E-state index is -4.36. The number of aromatic amines is 1. The normalized spacial score (nSPS) is 11.7. The summed E-state index contributed by atoms with van der Waals surface area (Å²) in [6, 6.07) is 2.93. The van der Waals surface area contributed by atoms with E-state index < -0.39 is 16.7 Å². The van der Waals surface area contributed by atoms with Crippen LogP contribution in [0.2, 0.25) is 0 Å². The summed E-state index contributed by atoms with van der Waals surface area (Å²) in [6.07, 6.45) is -3.14. The van der Waals surface area contributed by atoms with Crippen molar-refractivity contribution in [2.75, 3.05) is 0 Å². The number of H-pyrrole nitrogens is 1. The van der Waals surface area contributed by atoms with Gasteiger partial charge in [-0.1, -0.05) is 11.8 Å². The van der Waals surface area contributed by atoms with Gasteiger partial charge in [0.15, 0.2) is 10.8 Å². The van der Waals surface area contributed by atoms with Crippen LogP contribution in [-0.2, 0) is 11.9 Å². The molecule has 0 fully saturated rings. The number of hydrogen-bond acceptors (Lipinski definition) is 6. The van der Waals surface area contributed by atoms with Gasteiger partial charge in [0.25, 0.3) is 0 Å². The van der Waals surface area contributed by atoms with Crippen molar-refractivity contribution in [3.63, 3.8) is 0 Å². The lowest BCUT2D eigenvalue weighted by Gasteiger charge is -2.01. The molecule has 6 nitrogen and oxygen atoms in total. The number of rotatable bonds is 3. The van der Waals surface area contributed by atoms with Crippen molar-refractivity contribution in [1.29, 1.82) is 5.26 Å². The molecule has 3 aromatic heterocycles. The van der Waals surface area contributed by atoms with Crippen LogP contribution < -0.4 is 5.69 Å². The van der Waals surface area contributed by atoms with Crippen LogP contribution in [0, 0.1) is 11.3 Å². The van der Waals surface area contributed by atoms with Crippen molar-refractivity contribution in [3.05, 3.63) is 44.1 Å². The molecule has 0 aliphatic rings. The highest BCUT2D eigenvalue weighted by Crippen LogP contribution is 2.35. The van der Waals surface area contributed by atoms with E-state index >= 15 is 0 Å². The van der Waals surface area contributed by atoms with Gasteiger partial charge in [0.05, 0.1) is 6.20 Å². The molecule has 1 N–H and O–H groups in total. The van der Waals surface area contributed by atoms with E-state index in [1.165, 1.54) is 11.6 Å². The lowest BCUT2D eigenvalue weighted by atomic mass is 10.3. The first kappa shape index (κ1) is 15.6. The zero-order chi connectivity index (χ0) is 16.6. The fourth-order valence-corrected chi connectivity index (χ4v) is 3.43. The Morgan fingerprint density at radius 1 is 1.48 bits per heavy atom. The number of nitrogens with zero attached hydrogens (tertiary/aromatic N) is 4. The molecule has 0 saturated carbocycles. The second kappa shape index (κ2) is 5.71. The molecule has 3 rings (SSSR count). The average molecular weight is 357 g/mol. The molecule has 0 amide bonds. The predicted octanol–water partition coefficient (Wildman–Crippen LogP) is 2.66.